The lowest BCUT2D eigenvalue weighted by atomic mass is 10.2. The van der Waals surface area contributed by atoms with Gasteiger partial charge in [-0.15, -0.1) is 0 Å². The van der Waals surface area contributed by atoms with Crippen LogP contribution in [0, 0.1) is 13.8 Å². The standard InChI is InChI=1S/C13H11BrCl2N2/c1-7-3-4-10(15)12(11(7)16)18-13-8(2)5-9(14)6-17-13/h3-6H,1-2H3,(H,17,18). The summed E-state index contributed by atoms with van der Waals surface area (Å²) in [5.74, 6) is 0.743. The number of rotatable bonds is 2. The second-order valence-electron chi connectivity index (χ2n) is 4.00. The van der Waals surface area contributed by atoms with E-state index >= 15 is 0 Å². The van der Waals surface area contributed by atoms with E-state index in [1.165, 1.54) is 0 Å². The van der Waals surface area contributed by atoms with E-state index in [9.17, 15) is 0 Å². The summed E-state index contributed by atoms with van der Waals surface area (Å²) in [6.07, 6.45) is 1.73. The van der Waals surface area contributed by atoms with Gasteiger partial charge in [-0.3, -0.25) is 0 Å². The van der Waals surface area contributed by atoms with Gasteiger partial charge >= 0.3 is 0 Å². The van der Waals surface area contributed by atoms with Crippen LogP contribution in [0.3, 0.4) is 0 Å². The highest BCUT2D eigenvalue weighted by Gasteiger charge is 2.10. The summed E-state index contributed by atoms with van der Waals surface area (Å²) >= 11 is 15.8. The molecule has 1 aromatic carbocycles. The molecule has 5 heteroatoms. The van der Waals surface area contributed by atoms with E-state index in [-0.39, 0.29) is 0 Å². The van der Waals surface area contributed by atoms with Gasteiger partial charge in [0.25, 0.3) is 0 Å². The molecule has 2 rings (SSSR count). The first-order chi connectivity index (χ1) is 8.49. The highest BCUT2D eigenvalue weighted by Crippen LogP contribution is 2.35. The zero-order chi connectivity index (χ0) is 13.3. The normalized spacial score (nSPS) is 10.5. The first-order valence-corrected chi connectivity index (χ1v) is 6.87. The Hall–Kier alpha value is -0.770. The van der Waals surface area contributed by atoms with Crippen LogP contribution in [-0.2, 0) is 0 Å². The van der Waals surface area contributed by atoms with Crippen molar-refractivity contribution in [2.24, 2.45) is 0 Å². The monoisotopic (exact) mass is 344 g/mol. The Morgan fingerprint density at radius 3 is 2.56 bits per heavy atom. The Bertz CT molecular complexity index is 600. The second-order valence-corrected chi connectivity index (χ2v) is 5.70. The molecule has 0 atom stereocenters. The van der Waals surface area contributed by atoms with Crippen LogP contribution in [0.5, 0.6) is 0 Å². The van der Waals surface area contributed by atoms with Crippen molar-refractivity contribution < 1.29 is 0 Å². The van der Waals surface area contributed by atoms with Crippen LogP contribution in [-0.4, -0.2) is 4.98 Å². The average Bonchev–Trinajstić information content (AvgIpc) is 2.32. The number of benzene rings is 1. The number of hydrogen-bond acceptors (Lipinski definition) is 2. The maximum absolute atomic E-state index is 6.25. The molecule has 0 saturated heterocycles. The molecule has 1 heterocycles. The van der Waals surface area contributed by atoms with Crippen LogP contribution in [0.15, 0.2) is 28.9 Å². The van der Waals surface area contributed by atoms with Crippen LogP contribution in [0.1, 0.15) is 11.1 Å². The molecule has 0 radical (unpaired) electrons. The molecule has 0 aliphatic carbocycles. The van der Waals surface area contributed by atoms with Crippen molar-refractivity contribution in [3.05, 3.63) is 50.0 Å². The highest BCUT2D eigenvalue weighted by molar-refractivity contribution is 9.10. The van der Waals surface area contributed by atoms with E-state index in [4.69, 9.17) is 23.2 Å². The number of hydrogen-bond donors (Lipinski definition) is 1. The van der Waals surface area contributed by atoms with Gasteiger partial charge < -0.3 is 5.32 Å². The van der Waals surface area contributed by atoms with Gasteiger partial charge in [0.15, 0.2) is 0 Å². The third kappa shape index (κ3) is 2.79. The van der Waals surface area contributed by atoms with Crippen molar-refractivity contribution in [1.82, 2.24) is 4.98 Å². The van der Waals surface area contributed by atoms with Crippen LogP contribution in [0.25, 0.3) is 0 Å². The zero-order valence-corrected chi connectivity index (χ0v) is 13.0. The second kappa shape index (κ2) is 5.47. The molecule has 0 saturated carbocycles. The van der Waals surface area contributed by atoms with E-state index in [0.717, 1.165) is 21.4 Å². The number of pyridine rings is 1. The molecule has 0 spiro atoms. The lowest BCUT2D eigenvalue weighted by molar-refractivity contribution is 1.24. The SMILES string of the molecule is Cc1cc(Br)cnc1Nc1c(Cl)ccc(C)c1Cl. The molecule has 1 aromatic heterocycles. The summed E-state index contributed by atoms with van der Waals surface area (Å²) in [5.41, 5.74) is 2.67. The van der Waals surface area contributed by atoms with Crippen molar-refractivity contribution in [2.75, 3.05) is 5.32 Å². The first kappa shape index (κ1) is 13.7. The van der Waals surface area contributed by atoms with Crippen molar-refractivity contribution in [3.8, 4) is 0 Å². The van der Waals surface area contributed by atoms with Gasteiger partial charge in [-0.25, -0.2) is 4.98 Å². The van der Waals surface area contributed by atoms with Gasteiger partial charge in [0.2, 0.25) is 0 Å². The van der Waals surface area contributed by atoms with Crippen LogP contribution >= 0.6 is 39.1 Å². The predicted octanol–water partition coefficient (Wildman–Crippen LogP) is 5.51. The van der Waals surface area contributed by atoms with Crippen LogP contribution < -0.4 is 5.32 Å². The fourth-order valence-corrected chi connectivity index (χ4v) is 2.47. The number of aryl methyl sites for hydroxylation is 2. The number of anilines is 2. The molecule has 0 bridgehead atoms. The molecule has 0 unspecified atom stereocenters. The minimum absolute atomic E-state index is 0.578. The quantitative estimate of drug-likeness (QED) is 0.776. The number of aromatic nitrogens is 1. The topological polar surface area (TPSA) is 24.9 Å². The Morgan fingerprint density at radius 1 is 1.17 bits per heavy atom. The molecule has 0 aliphatic rings. The van der Waals surface area contributed by atoms with Crippen molar-refractivity contribution in [2.45, 2.75) is 13.8 Å². The van der Waals surface area contributed by atoms with Gasteiger partial charge in [0.05, 0.1) is 15.7 Å². The lowest BCUT2D eigenvalue weighted by Gasteiger charge is -2.13. The van der Waals surface area contributed by atoms with Crippen LogP contribution in [0.2, 0.25) is 10.0 Å². The maximum atomic E-state index is 6.25. The van der Waals surface area contributed by atoms with E-state index in [1.54, 1.807) is 6.20 Å². The van der Waals surface area contributed by atoms with Crippen molar-refractivity contribution in [3.63, 3.8) is 0 Å². The summed E-state index contributed by atoms with van der Waals surface area (Å²) in [6, 6.07) is 5.68. The van der Waals surface area contributed by atoms with Gasteiger partial charge in [0, 0.05) is 10.7 Å². The number of nitrogens with one attached hydrogen (secondary N) is 1. The minimum atomic E-state index is 0.578. The number of halogens is 3. The minimum Gasteiger partial charge on any atom is -0.338 e. The molecule has 2 nitrogen and oxygen atoms in total. The fraction of sp³-hybridized carbons (Fsp3) is 0.154. The Kier molecular flexibility index (Phi) is 4.15. The summed E-state index contributed by atoms with van der Waals surface area (Å²) in [5, 5.41) is 4.38. The summed E-state index contributed by atoms with van der Waals surface area (Å²) in [6.45, 7) is 3.91. The Labute approximate surface area is 124 Å². The van der Waals surface area contributed by atoms with Gasteiger partial charge in [-0.2, -0.15) is 0 Å². The molecule has 0 fully saturated rings. The lowest BCUT2D eigenvalue weighted by Crippen LogP contribution is -1.98. The van der Waals surface area contributed by atoms with Crippen molar-refractivity contribution in [1.29, 1.82) is 0 Å². The molecule has 0 amide bonds. The molecular weight excluding hydrogens is 335 g/mol. The summed E-state index contributed by atoms with van der Waals surface area (Å²) in [7, 11) is 0. The summed E-state index contributed by atoms with van der Waals surface area (Å²) in [4.78, 5) is 4.31. The smallest absolute Gasteiger partial charge is 0.133 e. The van der Waals surface area contributed by atoms with Gasteiger partial charge in [-0.1, -0.05) is 29.3 Å². The molecule has 0 aliphatic heterocycles. The van der Waals surface area contributed by atoms with E-state index < -0.39 is 0 Å². The van der Waals surface area contributed by atoms with Crippen molar-refractivity contribution >= 4 is 50.6 Å². The van der Waals surface area contributed by atoms with E-state index in [2.05, 4.69) is 26.2 Å². The third-order valence-electron chi connectivity index (χ3n) is 2.57. The predicted molar refractivity (Wildman–Crippen MR) is 81.2 cm³/mol. The van der Waals surface area contributed by atoms with Crippen LogP contribution in [0.4, 0.5) is 11.5 Å². The van der Waals surface area contributed by atoms with Gasteiger partial charge in [0.1, 0.15) is 5.82 Å². The Balaban J connectivity index is 2.43. The summed E-state index contributed by atoms with van der Waals surface area (Å²) < 4.78 is 0.937. The molecule has 18 heavy (non-hydrogen) atoms. The molecule has 94 valence electrons. The van der Waals surface area contributed by atoms with Gasteiger partial charge in [-0.05, 0) is 53.0 Å². The maximum Gasteiger partial charge on any atom is 0.133 e. The fourth-order valence-electron chi connectivity index (χ4n) is 1.56. The zero-order valence-electron chi connectivity index (χ0n) is 9.89. The molecule has 1 N–H and O–H groups in total. The highest BCUT2D eigenvalue weighted by atomic mass is 79.9. The first-order valence-electron chi connectivity index (χ1n) is 5.33. The van der Waals surface area contributed by atoms with E-state index in [1.807, 2.05) is 32.0 Å². The molecule has 2 aromatic rings. The number of nitrogens with zero attached hydrogens (tertiary/aromatic N) is 1. The largest absolute Gasteiger partial charge is 0.338 e. The van der Waals surface area contributed by atoms with E-state index in [0.29, 0.717) is 15.7 Å². The average molecular weight is 346 g/mol. The third-order valence-corrected chi connectivity index (χ3v) is 3.81. The Morgan fingerprint density at radius 2 is 1.89 bits per heavy atom. The molecular formula is C13H11BrCl2N2.